The van der Waals surface area contributed by atoms with Crippen molar-refractivity contribution in [1.82, 2.24) is 0 Å². The van der Waals surface area contributed by atoms with Gasteiger partial charge in [-0.15, -0.1) is 11.6 Å². The minimum Gasteiger partial charge on any atom is -0.480 e. The summed E-state index contributed by atoms with van der Waals surface area (Å²) in [5, 5.41) is 8.73. The predicted molar refractivity (Wildman–Crippen MR) is 52.0 cm³/mol. The number of rotatable bonds is 3. The first-order chi connectivity index (χ1) is 6.83. The Balaban J connectivity index is 2.91. The molecule has 15 heavy (non-hydrogen) atoms. The average Bonchev–Trinajstić information content (AvgIpc) is 2.10. The van der Waals surface area contributed by atoms with E-state index in [-0.39, 0.29) is 6.42 Å². The molecule has 0 saturated heterocycles. The number of benzene rings is 1. The van der Waals surface area contributed by atoms with Gasteiger partial charge in [-0.05, 0) is 24.6 Å². The van der Waals surface area contributed by atoms with Crippen LogP contribution in [0.15, 0.2) is 18.2 Å². The maximum Gasteiger partial charge on any atom is 0.324 e. The number of alkyl halides is 1. The maximum absolute atomic E-state index is 12.8. The van der Waals surface area contributed by atoms with Crippen LogP contribution < -0.4 is 0 Å². The van der Waals surface area contributed by atoms with Crippen molar-refractivity contribution in [3.8, 4) is 0 Å². The van der Waals surface area contributed by atoms with E-state index >= 15 is 0 Å². The van der Waals surface area contributed by atoms with E-state index in [0.29, 0.717) is 5.56 Å². The van der Waals surface area contributed by atoms with Gasteiger partial charge in [-0.1, -0.05) is 6.07 Å². The lowest BCUT2D eigenvalue weighted by Gasteiger charge is -2.16. The van der Waals surface area contributed by atoms with Crippen molar-refractivity contribution in [3.05, 3.63) is 35.4 Å². The second-order valence-electron chi connectivity index (χ2n) is 3.43. The van der Waals surface area contributed by atoms with Crippen LogP contribution in [0.5, 0.6) is 0 Å². The number of carboxylic acid groups (broad SMARTS) is 1. The molecule has 1 aromatic rings. The van der Waals surface area contributed by atoms with Gasteiger partial charge in [0.2, 0.25) is 0 Å². The minimum absolute atomic E-state index is 0.0684. The first-order valence-electron chi connectivity index (χ1n) is 4.19. The summed E-state index contributed by atoms with van der Waals surface area (Å²) in [6, 6.07) is 3.19. The van der Waals surface area contributed by atoms with E-state index in [0.717, 1.165) is 12.1 Å². The van der Waals surface area contributed by atoms with Gasteiger partial charge in [0, 0.05) is 6.42 Å². The van der Waals surface area contributed by atoms with E-state index in [9.17, 15) is 13.6 Å². The number of halogens is 3. The van der Waals surface area contributed by atoms with E-state index in [1.54, 1.807) is 0 Å². The molecule has 2 nitrogen and oxygen atoms in total. The zero-order chi connectivity index (χ0) is 11.6. The number of carbonyl (C=O) groups is 1. The van der Waals surface area contributed by atoms with Crippen molar-refractivity contribution in [2.24, 2.45) is 0 Å². The molecule has 0 spiro atoms. The second kappa shape index (κ2) is 4.14. The highest BCUT2D eigenvalue weighted by Crippen LogP contribution is 2.22. The molecule has 0 aliphatic carbocycles. The van der Waals surface area contributed by atoms with Gasteiger partial charge in [-0.2, -0.15) is 0 Å². The summed E-state index contributed by atoms with van der Waals surface area (Å²) < 4.78 is 25.4. The fourth-order valence-electron chi connectivity index (χ4n) is 1.11. The lowest BCUT2D eigenvalue weighted by molar-refractivity contribution is -0.139. The third-order valence-electron chi connectivity index (χ3n) is 1.97. The van der Waals surface area contributed by atoms with Gasteiger partial charge >= 0.3 is 5.97 Å². The van der Waals surface area contributed by atoms with Crippen molar-refractivity contribution in [3.63, 3.8) is 0 Å². The molecule has 0 aliphatic rings. The van der Waals surface area contributed by atoms with E-state index < -0.39 is 22.5 Å². The molecule has 1 N–H and O–H groups in total. The minimum atomic E-state index is -1.51. The number of carboxylic acids is 1. The molecule has 0 bridgehead atoms. The highest BCUT2D eigenvalue weighted by atomic mass is 35.5. The smallest absolute Gasteiger partial charge is 0.324 e. The topological polar surface area (TPSA) is 37.3 Å². The fraction of sp³-hybridized carbons (Fsp3) is 0.300. The molecular formula is C10H9ClF2O2. The van der Waals surface area contributed by atoms with Crippen LogP contribution in [0.4, 0.5) is 8.78 Å². The molecule has 0 aliphatic heterocycles. The normalized spacial score (nSPS) is 14.7. The zero-order valence-corrected chi connectivity index (χ0v) is 8.68. The molecule has 1 unspecified atom stereocenters. The molecule has 0 heterocycles. The van der Waals surface area contributed by atoms with Crippen molar-refractivity contribution in [2.75, 3.05) is 0 Å². The number of aliphatic carboxylic acids is 1. The Kier molecular flexibility index (Phi) is 3.29. The zero-order valence-electron chi connectivity index (χ0n) is 7.93. The lowest BCUT2D eigenvalue weighted by atomic mass is 10.0. The molecule has 0 amide bonds. The molecular weight excluding hydrogens is 226 g/mol. The fourth-order valence-corrected chi connectivity index (χ4v) is 1.26. The molecule has 0 aromatic heterocycles. The molecule has 1 atom stereocenters. The van der Waals surface area contributed by atoms with Gasteiger partial charge < -0.3 is 5.11 Å². The molecule has 0 fully saturated rings. The first-order valence-corrected chi connectivity index (χ1v) is 4.57. The van der Waals surface area contributed by atoms with Crippen LogP contribution in [0.3, 0.4) is 0 Å². The van der Waals surface area contributed by atoms with Crippen molar-refractivity contribution >= 4 is 17.6 Å². The Labute approximate surface area is 90.5 Å². The third kappa shape index (κ3) is 2.89. The summed E-state index contributed by atoms with van der Waals surface area (Å²) in [7, 11) is 0. The van der Waals surface area contributed by atoms with Crippen molar-refractivity contribution in [1.29, 1.82) is 0 Å². The third-order valence-corrected chi connectivity index (χ3v) is 2.26. The van der Waals surface area contributed by atoms with Crippen LogP contribution in [0, 0.1) is 11.6 Å². The molecule has 5 heteroatoms. The summed E-state index contributed by atoms with van der Waals surface area (Å²) in [5.41, 5.74) is 0.341. The Morgan fingerprint density at radius 3 is 2.53 bits per heavy atom. The van der Waals surface area contributed by atoms with Gasteiger partial charge in [-0.3, -0.25) is 4.79 Å². The van der Waals surface area contributed by atoms with Gasteiger partial charge in [0.25, 0.3) is 0 Å². The standard InChI is InChI=1S/C10H9ClF2O2/c1-10(11,9(14)15)5-6-2-3-7(12)8(13)4-6/h2-4H,5H2,1H3,(H,14,15). The summed E-state index contributed by atoms with van der Waals surface area (Å²) in [4.78, 5) is 9.17. The van der Waals surface area contributed by atoms with Crippen LogP contribution in [-0.4, -0.2) is 16.0 Å². The lowest BCUT2D eigenvalue weighted by Crippen LogP contribution is -2.31. The van der Waals surface area contributed by atoms with Crippen molar-refractivity contribution in [2.45, 2.75) is 18.2 Å². The van der Waals surface area contributed by atoms with Crippen molar-refractivity contribution < 1.29 is 18.7 Å². The van der Waals surface area contributed by atoms with Gasteiger partial charge in [0.1, 0.15) is 4.87 Å². The predicted octanol–water partition coefficient (Wildman–Crippen LogP) is 2.59. The van der Waals surface area contributed by atoms with Crippen LogP contribution >= 0.6 is 11.6 Å². The molecule has 1 rings (SSSR count). The SMILES string of the molecule is CC(Cl)(Cc1ccc(F)c(F)c1)C(=O)O. The van der Waals surface area contributed by atoms with Gasteiger partial charge in [0.15, 0.2) is 11.6 Å². The Bertz CT molecular complexity index is 391. The Morgan fingerprint density at radius 1 is 1.47 bits per heavy atom. The Morgan fingerprint density at radius 2 is 2.07 bits per heavy atom. The van der Waals surface area contributed by atoms with E-state index in [1.165, 1.54) is 13.0 Å². The highest BCUT2D eigenvalue weighted by Gasteiger charge is 2.30. The maximum atomic E-state index is 12.8. The summed E-state index contributed by atoms with van der Waals surface area (Å²) in [6.07, 6.45) is -0.0684. The van der Waals surface area contributed by atoms with Gasteiger partial charge in [-0.25, -0.2) is 8.78 Å². The summed E-state index contributed by atoms with van der Waals surface area (Å²) in [5.74, 6) is -3.18. The van der Waals surface area contributed by atoms with Crippen LogP contribution in [-0.2, 0) is 11.2 Å². The number of hydrogen-bond donors (Lipinski definition) is 1. The van der Waals surface area contributed by atoms with E-state index in [1.807, 2.05) is 0 Å². The van der Waals surface area contributed by atoms with Crippen LogP contribution in [0.25, 0.3) is 0 Å². The summed E-state index contributed by atoms with van der Waals surface area (Å²) >= 11 is 5.68. The second-order valence-corrected chi connectivity index (χ2v) is 4.26. The molecule has 82 valence electrons. The number of hydrogen-bond acceptors (Lipinski definition) is 1. The van der Waals surface area contributed by atoms with E-state index in [2.05, 4.69) is 0 Å². The first kappa shape index (κ1) is 11.9. The molecule has 0 saturated carbocycles. The molecule has 1 aromatic carbocycles. The summed E-state index contributed by atoms with van der Waals surface area (Å²) in [6.45, 7) is 1.30. The highest BCUT2D eigenvalue weighted by molar-refractivity contribution is 6.33. The van der Waals surface area contributed by atoms with Crippen LogP contribution in [0.2, 0.25) is 0 Å². The average molecular weight is 235 g/mol. The Hall–Kier alpha value is -1.16. The monoisotopic (exact) mass is 234 g/mol. The molecule has 0 radical (unpaired) electrons. The van der Waals surface area contributed by atoms with Gasteiger partial charge in [0.05, 0.1) is 0 Å². The van der Waals surface area contributed by atoms with E-state index in [4.69, 9.17) is 16.7 Å². The van der Waals surface area contributed by atoms with Crippen LogP contribution in [0.1, 0.15) is 12.5 Å². The quantitative estimate of drug-likeness (QED) is 0.817. The largest absolute Gasteiger partial charge is 0.480 e.